The molecule has 0 bridgehead atoms. The van der Waals surface area contributed by atoms with Crippen LogP contribution in [0, 0.1) is 5.82 Å². The first kappa shape index (κ1) is 15.3. The summed E-state index contributed by atoms with van der Waals surface area (Å²) in [7, 11) is 0. The molecule has 3 rings (SSSR count). The molecule has 118 valence electrons. The Kier molecular flexibility index (Phi) is 4.45. The number of hydrogen-bond acceptors (Lipinski definition) is 5. The molecule has 0 radical (unpaired) electrons. The lowest BCUT2D eigenvalue weighted by Gasteiger charge is -2.07. The molecule has 0 aromatic carbocycles. The van der Waals surface area contributed by atoms with Gasteiger partial charge in [0.15, 0.2) is 5.82 Å². The molecule has 3 aromatic rings. The van der Waals surface area contributed by atoms with Gasteiger partial charge in [-0.15, -0.1) is 11.3 Å². The molecule has 0 unspecified atom stereocenters. The summed E-state index contributed by atoms with van der Waals surface area (Å²) in [5.41, 5.74) is 0.577. The number of nitrogens with one attached hydrogen (secondary N) is 1. The van der Waals surface area contributed by atoms with E-state index in [0.29, 0.717) is 11.5 Å². The minimum Gasteiger partial charge on any atom is -0.394 e. The Labute approximate surface area is 135 Å². The number of hydrogen-bond donors (Lipinski definition) is 2. The number of anilines is 1. The summed E-state index contributed by atoms with van der Waals surface area (Å²) in [6, 6.07) is 6.80. The standard InChI is InChI=1S/C15H13FN4O2S/c16-11-9-17-4-3-10(11)15(22)18-14-8-12(13-2-1-7-23-13)19-20(14)5-6-21/h1-4,7-9,21H,5-6H2,(H,18,22). The van der Waals surface area contributed by atoms with E-state index >= 15 is 0 Å². The lowest BCUT2D eigenvalue weighted by Crippen LogP contribution is -2.18. The van der Waals surface area contributed by atoms with Crippen molar-refractivity contribution in [2.75, 3.05) is 11.9 Å². The first-order chi connectivity index (χ1) is 11.2. The molecule has 0 saturated heterocycles. The second kappa shape index (κ2) is 6.67. The summed E-state index contributed by atoms with van der Waals surface area (Å²) in [6.07, 6.45) is 2.33. The van der Waals surface area contributed by atoms with Gasteiger partial charge in [-0.2, -0.15) is 5.10 Å². The van der Waals surface area contributed by atoms with Crippen LogP contribution in [0.3, 0.4) is 0 Å². The largest absolute Gasteiger partial charge is 0.394 e. The lowest BCUT2D eigenvalue weighted by atomic mass is 10.2. The highest BCUT2D eigenvalue weighted by molar-refractivity contribution is 7.13. The van der Waals surface area contributed by atoms with Crippen LogP contribution in [0.25, 0.3) is 10.6 Å². The molecule has 0 aliphatic carbocycles. The van der Waals surface area contributed by atoms with Crippen molar-refractivity contribution in [3.63, 3.8) is 0 Å². The SMILES string of the molecule is O=C(Nc1cc(-c2cccs2)nn1CCO)c1ccncc1F. The van der Waals surface area contributed by atoms with Crippen LogP contribution in [0.4, 0.5) is 10.2 Å². The number of aromatic nitrogens is 3. The van der Waals surface area contributed by atoms with Gasteiger partial charge in [0.05, 0.1) is 29.8 Å². The van der Waals surface area contributed by atoms with Crippen LogP contribution in [-0.4, -0.2) is 32.4 Å². The molecule has 1 amide bonds. The highest BCUT2D eigenvalue weighted by Crippen LogP contribution is 2.26. The van der Waals surface area contributed by atoms with E-state index in [1.54, 1.807) is 6.07 Å². The van der Waals surface area contributed by atoms with E-state index in [2.05, 4.69) is 15.4 Å². The number of thiophene rings is 1. The normalized spacial score (nSPS) is 10.7. The number of amides is 1. The van der Waals surface area contributed by atoms with Gasteiger partial charge in [0.25, 0.3) is 5.91 Å². The van der Waals surface area contributed by atoms with Crippen molar-refractivity contribution in [2.24, 2.45) is 0 Å². The van der Waals surface area contributed by atoms with Crippen molar-refractivity contribution < 1.29 is 14.3 Å². The average molecular weight is 332 g/mol. The Balaban J connectivity index is 1.89. The predicted octanol–water partition coefficient (Wildman–Crippen LogP) is 2.39. The van der Waals surface area contributed by atoms with Gasteiger partial charge < -0.3 is 10.4 Å². The molecule has 8 heteroatoms. The van der Waals surface area contributed by atoms with Crippen LogP contribution in [0.1, 0.15) is 10.4 Å². The van der Waals surface area contributed by atoms with Crippen LogP contribution in [-0.2, 0) is 6.54 Å². The first-order valence-corrected chi connectivity index (χ1v) is 7.70. The maximum Gasteiger partial charge on any atom is 0.259 e. The maximum absolute atomic E-state index is 13.6. The molecule has 0 aliphatic rings. The van der Waals surface area contributed by atoms with Crippen molar-refractivity contribution in [2.45, 2.75) is 6.54 Å². The van der Waals surface area contributed by atoms with E-state index in [1.807, 2.05) is 17.5 Å². The zero-order valence-corrected chi connectivity index (χ0v) is 12.8. The first-order valence-electron chi connectivity index (χ1n) is 6.82. The number of aliphatic hydroxyl groups excluding tert-OH is 1. The van der Waals surface area contributed by atoms with Gasteiger partial charge in [-0.1, -0.05) is 6.07 Å². The van der Waals surface area contributed by atoms with Crippen LogP contribution >= 0.6 is 11.3 Å². The molecular weight excluding hydrogens is 319 g/mol. The number of carbonyl (C=O) groups excluding carboxylic acids is 1. The predicted molar refractivity (Wildman–Crippen MR) is 84.8 cm³/mol. The van der Waals surface area contributed by atoms with Crippen molar-refractivity contribution in [3.8, 4) is 10.6 Å². The Hall–Kier alpha value is -2.58. The molecule has 0 aliphatic heterocycles. The lowest BCUT2D eigenvalue weighted by molar-refractivity contribution is 0.102. The summed E-state index contributed by atoms with van der Waals surface area (Å²) >= 11 is 1.51. The molecule has 2 N–H and O–H groups in total. The van der Waals surface area contributed by atoms with E-state index in [9.17, 15) is 9.18 Å². The van der Waals surface area contributed by atoms with E-state index in [-0.39, 0.29) is 18.7 Å². The number of carbonyl (C=O) groups is 1. The quantitative estimate of drug-likeness (QED) is 0.752. The van der Waals surface area contributed by atoms with E-state index in [4.69, 9.17) is 5.11 Å². The van der Waals surface area contributed by atoms with Gasteiger partial charge in [-0.05, 0) is 17.5 Å². The minimum absolute atomic E-state index is 0.102. The average Bonchev–Trinajstić information content (AvgIpc) is 3.18. The van der Waals surface area contributed by atoms with Crippen molar-refractivity contribution in [1.82, 2.24) is 14.8 Å². The highest BCUT2D eigenvalue weighted by atomic mass is 32.1. The van der Waals surface area contributed by atoms with Crippen LogP contribution < -0.4 is 5.32 Å². The Bertz CT molecular complexity index is 817. The van der Waals surface area contributed by atoms with Crippen molar-refractivity contribution >= 4 is 23.1 Å². The fourth-order valence-corrected chi connectivity index (χ4v) is 2.75. The van der Waals surface area contributed by atoms with Crippen molar-refractivity contribution in [1.29, 1.82) is 0 Å². The van der Waals surface area contributed by atoms with Crippen LogP contribution in [0.2, 0.25) is 0 Å². The van der Waals surface area contributed by atoms with E-state index < -0.39 is 11.7 Å². The summed E-state index contributed by atoms with van der Waals surface area (Å²) < 4.78 is 15.1. The van der Waals surface area contributed by atoms with Gasteiger partial charge in [-0.3, -0.25) is 9.78 Å². The summed E-state index contributed by atoms with van der Waals surface area (Å²) in [4.78, 5) is 16.8. The number of aliphatic hydroxyl groups is 1. The maximum atomic E-state index is 13.6. The third-order valence-corrected chi connectivity index (χ3v) is 4.02. The van der Waals surface area contributed by atoms with E-state index in [1.165, 1.54) is 28.3 Å². The van der Waals surface area contributed by atoms with Gasteiger partial charge in [0.2, 0.25) is 0 Å². The summed E-state index contributed by atoms with van der Waals surface area (Å²) in [5, 5.41) is 18.0. The van der Waals surface area contributed by atoms with Crippen LogP contribution in [0.5, 0.6) is 0 Å². The Morgan fingerprint density at radius 3 is 3.00 bits per heavy atom. The van der Waals surface area contributed by atoms with Gasteiger partial charge in [0.1, 0.15) is 11.5 Å². The third-order valence-electron chi connectivity index (χ3n) is 3.12. The molecule has 23 heavy (non-hydrogen) atoms. The zero-order valence-electron chi connectivity index (χ0n) is 11.9. The van der Waals surface area contributed by atoms with Gasteiger partial charge in [-0.25, -0.2) is 9.07 Å². The molecule has 0 spiro atoms. The fourth-order valence-electron chi connectivity index (χ4n) is 2.07. The van der Waals surface area contributed by atoms with Crippen LogP contribution in [0.15, 0.2) is 42.0 Å². The second-order valence-electron chi connectivity index (χ2n) is 4.65. The third kappa shape index (κ3) is 3.27. The molecule has 3 heterocycles. The Morgan fingerprint density at radius 1 is 1.43 bits per heavy atom. The zero-order chi connectivity index (χ0) is 16.2. The molecule has 6 nitrogen and oxygen atoms in total. The van der Waals surface area contributed by atoms with E-state index in [0.717, 1.165) is 11.1 Å². The number of nitrogens with zero attached hydrogens (tertiary/aromatic N) is 3. The number of pyridine rings is 1. The highest BCUT2D eigenvalue weighted by Gasteiger charge is 2.16. The Morgan fingerprint density at radius 2 is 2.30 bits per heavy atom. The van der Waals surface area contributed by atoms with Gasteiger partial charge in [0, 0.05) is 12.3 Å². The summed E-state index contributed by atoms with van der Waals surface area (Å²) in [6.45, 7) is 0.0951. The monoisotopic (exact) mass is 332 g/mol. The summed E-state index contributed by atoms with van der Waals surface area (Å²) in [5.74, 6) is -0.901. The van der Waals surface area contributed by atoms with Crippen molar-refractivity contribution in [3.05, 3.63) is 53.4 Å². The smallest absolute Gasteiger partial charge is 0.259 e. The molecule has 0 atom stereocenters. The molecular formula is C15H13FN4O2S. The second-order valence-corrected chi connectivity index (χ2v) is 5.60. The molecule has 3 aromatic heterocycles. The number of rotatable bonds is 5. The molecule has 0 fully saturated rings. The topological polar surface area (TPSA) is 80.0 Å². The molecule has 0 saturated carbocycles. The fraction of sp³-hybridized carbons (Fsp3) is 0.133. The minimum atomic E-state index is -0.697. The number of halogens is 1. The van der Waals surface area contributed by atoms with Gasteiger partial charge >= 0.3 is 0 Å².